The third kappa shape index (κ3) is 10.3. The average molecular weight is 449 g/mol. The van der Waals surface area contributed by atoms with Crippen LogP contribution in [0.5, 0.6) is 0 Å². The van der Waals surface area contributed by atoms with Crippen LogP contribution in [0, 0.1) is 11.8 Å². The number of carbonyl (C=O) groups excluding carboxylic acids is 3. The van der Waals surface area contributed by atoms with Crippen LogP contribution in [0.3, 0.4) is 0 Å². The van der Waals surface area contributed by atoms with Gasteiger partial charge < -0.3 is 31.9 Å². The van der Waals surface area contributed by atoms with E-state index >= 15 is 0 Å². The number of carboxylic acids is 1. The first-order chi connectivity index (χ1) is 13.8. The number of nitrogens with two attached hydrogens (primary N) is 1. The fourth-order valence-electron chi connectivity index (χ4n) is 2.62. The lowest BCUT2D eigenvalue weighted by Crippen LogP contribution is -2.58. The van der Waals surface area contributed by atoms with E-state index < -0.39 is 54.0 Å². The van der Waals surface area contributed by atoms with E-state index in [1.807, 2.05) is 27.7 Å². The van der Waals surface area contributed by atoms with Crippen molar-refractivity contribution in [2.24, 2.45) is 17.6 Å². The van der Waals surface area contributed by atoms with E-state index in [-0.39, 0.29) is 30.4 Å². The van der Waals surface area contributed by atoms with E-state index in [1.54, 1.807) is 0 Å². The zero-order valence-corrected chi connectivity index (χ0v) is 19.1. The Hall–Kier alpha value is -1.85. The average Bonchev–Trinajstić information content (AvgIpc) is 2.62. The number of carbonyl (C=O) groups is 4. The molecule has 0 saturated carbocycles. The van der Waals surface area contributed by atoms with Gasteiger partial charge in [-0.05, 0) is 31.6 Å². The molecule has 0 radical (unpaired) electrons. The number of hydrogen-bond acceptors (Lipinski definition) is 7. The van der Waals surface area contributed by atoms with Gasteiger partial charge in [0.15, 0.2) is 0 Å². The monoisotopic (exact) mass is 448 g/mol. The van der Waals surface area contributed by atoms with Crippen LogP contribution >= 0.6 is 12.6 Å². The summed E-state index contributed by atoms with van der Waals surface area (Å²) < 4.78 is 0. The Bertz CT molecular complexity index is 600. The summed E-state index contributed by atoms with van der Waals surface area (Å²) in [5.74, 6) is -3.16. The van der Waals surface area contributed by atoms with Gasteiger partial charge in [0.25, 0.3) is 0 Å². The lowest BCUT2D eigenvalue weighted by Gasteiger charge is -2.26. The number of hydrogen-bond donors (Lipinski definition) is 7. The Morgan fingerprint density at radius 2 is 1.20 bits per heavy atom. The smallest absolute Gasteiger partial charge is 0.326 e. The molecule has 174 valence electrons. The summed E-state index contributed by atoms with van der Waals surface area (Å²) in [5, 5.41) is 26.2. The predicted octanol–water partition coefficient (Wildman–Crippen LogP) is -0.744. The van der Waals surface area contributed by atoms with Gasteiger partial charge in [0, 0.05) is 5.75 Å². The predicted molar refractivity (Wildman–Crippen MR) is 116 cm³/mol. The van der Waals surface area contributed by atoms with Crippen molar-refractivity contribution in [2.45, 2.75) is 77.7 Å². The fraction of sp³-hybridized carbons (Fsp3) is 0.789. The van der Waals surface area contributed by atoms with Gasteiger partial charge in [0.1, 0.15) is 24.2 Å². The maximum Gasteiger partial charge on any atom is 0.326 e. The fourth-order valence-corrected chi connectivity index (χ4v) is 2.88. The molecule has 0 aliphatic rings. The number of aliphatic hydroxyl groups excluding tert-OH is 1. The van der Waals surface area contributed by atoms with Gasteiger partial charge in [-0.1, -0.05) is 27.7 Å². The molecule has 0 aromatic rings. The van der Waals surface area contributed by atoms with Crippen LogP contribution in [-0.2, 0) is 19.2 Å². The quantitative estimate of drug-likeness (QED) is 0.182. The minimum atomic E-state index is -1.20. The Morgan fingerprint density at radius 3 is 1.60 bits per heavy atom. The van der Waals surface area contributed by atoms with Crippen molar-refractivity contribution in [1.29, 1.82) is 0 Å². The van der Waals surface area contributed by atoms with Crippen molar-refractivity contribution in [3.8, 4) is 0 Å². The number of aliphatic carboxylic acids is 1. The first-order valence-corrected chi connectivity index (χ1v) is 10.6. The van der Waals surface area contributed by atoms with E-state index in [2.05, 4.69) is 28.6 Å². The Morgan fingerprint density at radius 1 is 0.800 bits per heavy atom. The molecule has 30 heavy (non-hydrogen) atoms. The van der Waals surface area contributed by atoms with Crippen LogP contribution in [0.15, 0.2) is 0 Å². The Labute approximate surface area is 183 Å². The van der Waals surface area contributed by atoms with Crippen molar-refractivity contribution in [1.82, 2.24) is 16.0 Å². The topological polar surface area (TPSA) is 171 Å². The highest BCUT2D eigenvalue weighted by Crippen LogP contribution is 2.08. The molecule has 0 aromatic carbocycles. The third-order valence-corrected chi connectivity index (χ3v) is 4.66. The van der Waals surface area contributed by atoms with Crippen LogP contribution in [-0.4, -0.2) is 69.9 Å². The van der Waals surface area contributed by atoms with Crippen molar-refractivity contribution < 1.29 is 29.4 Å². The van der Waals surface area contributed by atoms with Gasteiger partial charge in [-0.25, -0.2) is 4.79 Å². The largest absolute Gasteiger partial charge is 0.480 e. The Balaban J connectivity index is 5.24. The molecule has 0 aliphatic heterocycles. The second kappa shape index (κ2) is 13.5. The molecule has 10 nitrogen and oxygen atoms in total. The number of thiol groups is 1. The SMILES string of the molecule is CC(C)C[C@H](NC(=O)[C@H](CS)NC(=O)[C@H](CC(C)C)NC(=O)[C@@H](N)[C@@H](C)O)C(=O)O. The van der Waals surface area contributed by atoms with Crippen LogP contribution < -0.4 is 21.7 Å². The van der Waals surface area contributed by atoms with Gasteiger partial charge in [-0.2, -0.15) is 12.6 Å². The van der Waals surface area contributed by atoms with E-state index in [1.165, 1.54) is 6.92 Å². The normalized spacial score (nSPS) is 16.3. The number of amides is 3. The highest BCUT2D eigenvalue weighted by molar-refractivity contribution is 7.80. The molecule has 0 spiro atoms. The summed E-state index contributed by atoms with van der Waals surface area (Å²) in [6, 6.07) is -4.37. The first kappa shape index (κ1) is 28.1. The summed E-state index contributed by atoms with van der Waals surface area (Å²) >= 11 is 4.08. The van der Waals surface area contributed by atoms with E-state index in [0.29, 0.717) is 0 Å². The summed E-state index contributed by atoms with van der Waals surface area (Å²) in [7, 11) is 0. The molecule has 0 rings (SSSR count). The molecule has 0 saturated heterocycles. The molecular weight excluding hydrogens is 412 g/mol. The minimum Gasteiger partial charge on any atom is -0.480 e. The van der Waals surface area contributed by atoms with E-state index in [4.69, 9.17) is 5.73 Å². The van der Waals surface area contributed by atoms with Crippen LogP contribution in [0.2, 0.25) is 0 Å². The molecule has 0 aliphatic carbocycles. The van der Waals surface area contributed by atoms with E-state index in [0.717, 1.165) is 0 Å². The first-order valence-electron chi connectivity index (χ1n) is 9.98. The number of rotatable bonds is 13. The zero-order chi connectivity index (χ0) is 23.6. The Kier molecular flexibility index (Phi) is 12.6. The second-order valence-corrected chi connectivity index (χ2v) is 8.59. The lowest BCUT2D eigenvalue weighted by molar-refractivity contribution is -0.142. The molecule has 11 heteroatoms. The van der Waals surface area contributed by atoms with Crippen LogP contribution in [0.4, 0.5) is 0 Å². The third-order valence-electron chi connectivity index (χ3n) is 4.30. The zero-order valence-electron chi connectivity index (χ0n) is 18.2. The second-order valence-electron chi connectivity index (χ2n) is 8.23. The molecule has 5 atom stereocenters. The molecular formula is C19H36N4O6S. The van der Waals surface area contributed by atoms with Gasteiger partial charge in [0.05, 0.1) is 6.10 Å². The van der Waals surface area contributed by atoms with Gasteiger partial charge in [0.2, 0.25) is 17.7 Å². The van der Waals surface area contributed by atoms with Crippen molar-refractivity contribution in [3.63, 3.8) is 0 Å². The van der Waals surface area contributed by atoms with Crippen LogP contribution in [0.1, 0.15) is 47.5 Å². The summed E-state index contributed by atoms with van der Waals surface area (Å²) in [6.45, 7) is 8.73. The summed E-state index contributed by atoms with van der Waals surface area (Å²) in [4.78, 5) is 48.7. The van der Waals surface area contributed by atoms with Crippen molar-refractivity contribution >= 4 is 36.3 Å². The molecule has 3 amide bonds. The molecule has 0 unspecified atom stereocenters. The van der Waals surface area contributed by atoms with Crippen molar-refractivity contribution in [3.05, 3.63) is 0 Å². The minimum absolute atomic E-state index is 0.0366. The molecule has 0 aromatic heterocycles. The van der Waals surface area contributed by atoms with Gasteiger partial charge in [-0.3, -0.25) is 14.4 Å². The molecule has 0 heterocycles. The summed E-state index contributed by atoms with van der Waals surface area (Å²) in [6.07, 6.45) is -0.592. The van der Waals surface area contributed by atoms with Crippen molar-refractivity contribution in [2.75, 3.05) is 5.75 Å². The number of carboxylic acid groups (broad SMARTS) is 1. The number of aliphatic hydroxyl groups is 1. The maximum absolute atomic E-state index is 12.7. The highest BCUT2D eigenvalue weighted by Gasteiger charge is 2.31. The lowest BCUT2D eigenvalue weighted by atomic mass is 10.0. The molecule has 0 fully saturated rings. The molecule has 0 bridgehead atoms. The standard InChI is InChI=1S/C19H36N4O6S/c1-9(2)6-12(21-18(27)15(20)11(5)24)16(25)23-14(8-30)17(26)22-13(19(28)29)7-10(3)4/h9-15,24,30H,6-8,20H2,1-5H3,(H,21,27)(H,22,26)(H,23,25)(H,28,29)/t11-,12+,13+,14+,15+/m1/s1. The van der Waals surface area contributed by atoms with Gasteiger partial charge in [-0.15, -0.1) is 0 Å². The van der Waals surface area contributed by atoms with E-state index in [9.17, 15) is 29.4 Å². The van der Waals surface area contributed by atoms with Gasteiger partial charge >= 0.3 is 5.97 Å². The van der Waals surface area contributed by atoms with Crippen LogP contribution in [0.25, 0.3) is 0 Å². The highest BCUT2D eigenvalue weighted by atomic mass is 32.1. The number of nitrogens with one attached hydrogen (secondary N) is 3. The molecule has 7 N–H and O–H groups in total. The summed E-state index contributed by atoms with van der Waals surface area (Å²) in [5.41, 5.74) is 5.61. The maximum atomic E-state index is 12.7.